The number of nitrogens with one attached hydrogen (secondary N) is 1. The molecule has 4 nitrogen and oxygen atoms in total. The van der Waals surface area contributed by atoms with Crippen LogP contribution in [0.5, 0.6) is 0 Å². The molecule has 3 rings (SSSR count). The quantitative estimate of drug-likeness (QED) is 0.918. The zero-order valence-electron chi connectivity index (χ0n) is 13.2. The van der Waals surface area contributed by atoms with Gasteiger partial charge in [-0.3, -0.25) is 9.59 Å². The Morgan fingerprint density at radius 3 is 2.73 bits per heavy atom. The molecule has 0 radical (unpaired) electrons. The molecular weight excluding hydrogens is 316 g/mol. The lowest BCUT2D eigenvalue weighted by Crippen LogP contribution is -2.58. The minimum absolute atomic E-state index is 0.0369. The molecule has 120 valence electrons. The molecule has 0 unspecified atom stereocenters. The fraction of sp³-hybridized carbons (Fsp3) is 0.625. The average molecular weight is 338 g/mol. The molecule has 1 saturated heterocycles. The van der Waals surface area contributed by atoms with Gasteiger partial charge in [0.15, 0.2) is 0 Å². The van der Waals surface area contributed by atoms with E-state index in [1.807, 2.05) is 18.7 Å². The van der Waals surface area contributed by atoms with Gasteiger partial charge in [0.05, 0.1) is 11.3 Å². The Labute approximate surface area is 139 Å². The van der Waals surface area contributed by atoms with Crippen molar-refractivity contribution in [3.05, 3.63) is 21.9 Å². The number of thiophene rings is 1. The van der Waals surface area contributed by atoms with E-state index in [0.717, 1.165) is 12.8 Å². The second kappa shape index (κ2) is 5.89. The molecule has 1 atom stereocenters. The van der Waals surface area contributed by atoms with E-state index in [1.54, 1.807) is 23.1 Å². The Morgan fingerprint density at radius 1 is 1.45 bits per heavy atom. The summed E-state index contributed by atoms with van der Waals surface area (Å²) in [7, 11) is 0. The number of thioether (sulfide) groups is 1. The van der Waals surface area contributed by atoms with Gasteiger partial charge in [-0.2, -0.15) is 0 Å². The normalized spacial score (nSPS) is 24.0. The molecule has 1 saturated carbocycles. The molecule has 0 aromatic carbocycles. The van der Waals surface area contributed by atoms with Crippen molar-refractivity contribution in [3.8, 4) is 0 Å². The highest BCUT2D eigenvalue weighted by Gasteiger charge is 2.42. The molecule has 1 aromatic heterocycles. The molecule has 2 fully saturated rings. The van der Waals surface area contributed by atoms with Crippen LogP contribution < -0.4 is 5.32 Å². The van der Waals surface area contributed by atoms with E-state index in [1.165, 1.54) is 10.4 Å². The second-order valence-electron chi connectivity index (χ2n) is 6.57. The molecule has 22 heavy (non-hydrogen) atoms. The first-order chi connectivity index (χ1) is 10.4. The molecule has 2 heterocycles. The van der Waals surface area contributed by atoms with Crippen LogP contribution in [0.1, 0.15) is 37.1 Å². The van der Waals surface area contributed by atoms with Crippen molar-refractivity contribution in [1.29, 1.82) is 0 Å². The van der Waals surface area contributed by atoms with Gasteiger partial charge in [-0.1, -0.05) is 0 Å². The van der Waals surface area contributed by atoms with Crippen LogP contribution in [0.2, 0.25) is 0 Å². The van der Waals surface area contributed by atoms with Crippen molar-refractivity contribution in [2.45, 2.75) is 57.0 Å². The number of aryl methyl sites for hydroxylation is 1. The predicted molar refractivity (Wildman–Crippen MR) is 91.1 cm³/mol. The third-order valence-electron chi connectivity index (χ3n) is 4.31. The van der Waals surface area contributed by atoms with Gasteiger partial charge >= 0.3 is 0 Å². The molecule has 2 aliphatic rings. The third-order valence-corrected chi connectivity index (χ3v) is 6.73. The van der Waals surface area contributed by atoms with Crippen molar-refractivity contribution in [2.75, 3.05) is 5.75 Å². The Kier molecular flexibility index (Phi) is 4.25. The van der Waals surface area contributed by atoms with Gasteiger partial charge in [-0.05, 0) is 50.6 Å². The number of rotatable bonds is 4. The van der Waals surface area contributed by atoms with Crippen molar-refractivity contribution in [1.82, 2.24) is 10.2 Å². The van der Waals surface area contributed by atoms with E-state index < -0.39 is 4.75 Å². The zero-order valence-corrected chi connectivity index (χ0v) is 14.9. The first-order valence-electron chi connectivity index (χ1n) is 7.67. The van der Waals surface area contributed by atoms with Gasteiger partial charge in [0.1, 0.15) is 6.04 Å². The fourth-order valence-corrected chi connectivity index (χ4v) is 4.46. The SMILES string of the molecule is Cc1ccsc1CN(C(=O)[C@@H]1CSC(C)(C)C(=O)N1)C1CC1. The molecule has 1 aliphatic heterocycles. The zero-order chi connectivity index (χ0) is 15.9. The Morgan fingerprint density at radius 2 is 2.18 bits per heavy atom. The largest absolute Gasteiger partial charge is 0.342 e. The Balaban J connectivity index is 1.71. The average Bonchev–Trinajstić information content (AvgIpc) is 3.22. The van der Waals surface area contributed by atoms with Gasteiger partial charge < -0.3 is 10.2 Å². The van der Waals surface area contributed by atoms with Crippen LogP contribution in [0.25, 0.3) is 0 Å². The molecule has 1 aromatic rings. The van der Waals surface area contributed by atoms with Gasteiger partial charge in [0.25, 0.3) is 0 Å². The van der Waals surface area contributed by atoms with E-state index in [0.29, 0.717) is 18.3 Å². The van der Waals surface area contributed by atoms with Gasteiger partial charge in [0.2, 0.25) is 11.8 Å². The summed E-state index contributed by atoms with van der Waals surface area (Å²) in [4.78, 5) is 28.2. The van der Waals surface area contributed by atoms with Crippen molar-refractivity contribution in [3.63, 3.8) is 0 Å². The minimum Gasteiger partial charge on any atom is -0.342 e. The summed E-state index contributed by atoms with van der Waals surface area (Å²) in [5, 5.41) is 4.99. The van der Waals surface area contributed by atoms with Crippen LogP contribution in [-0.2, 0) is 16.1 Å². The Hall–Kier alpha value is -1.01. The standard InChI is InChI=1S/C16H22N2O2S2/c1-10-6-7-21-13(10)8-18(11-4-5-11)14(19)12-9-22-16(2,3)15(20)17-12/h6-7,11-12H,4-5,8-9H2,1-3H3,(H,17,20)/t12-/m0/s1. The fourth-order valence-electron chi connectivity index (χ4n) is 2.56. The predicted octanol–water partition coefficient (Wildman–Crippen LogP) is 2.56. The van der Waals surface area contributed by atoms with Crippen LogP contribution in [-0.4, -0.2) is 39.3 Å². The first-order valence-corrected chi connectivity index (χ1v) is 9.53. The second-order valence-corrected chi connectivity index (χ2v) is 9.21. The maximum absolute atomic E-state index is 12.9. The molecule has 2 amide bonds. The summed E-state index contributed by atoms with van der Waals surface area (Å²) >= 11 is 3.27. The summed E-state index contributed by atoms with van der Waals surface area (Å²) in [5.41, 5.74) is 1.24. The number of hydrogen-bond acceptors (Lipinski definition) is 4. The summed E-state index contributed by atoms with van der Waals surface area (Å²) in [6.07, 6.45) is 2.16. The van der Waals surface area contributed by atoms with Crippen molar-refractivity contribution >= 4 is 34.9 Å². The van der Waals surface area contributed by atoms with Gasteiger partial charge in [-0.15, -0.1) is 23.1 Å². The van der Waals surface area contributed by atoms with Crippen LogP contribution in [0.15, 0.2) is 11.4 Å². The van der Waals surface area contributed by atoms with E-state index in [-0.39, 0.29) is 17.9 Å². The lowest BCUT2D eigenvalue weighted by molar-refractivity contribution is -0.137. The third kappa shape index (κ3) is 3.18. The molecule has 0 bridgehead atoms. The number of nitrogens with zero attached hydrogens (tertiary/aromatic N) is 1. The number of hydrogen-bond donors (Lipinski definition) is 1. The highest BCUT2D eigenvalue weighted by Crippen LogP contribution is 2.33. The van der Waals surface area contributed by atoms with E-state index in [2.05, 4.69) is 23.7 Å². The molecule has 0 spiro atoms. The lowest BCUT2D eigenvalue weighted by atomic mass is 10.1. The molecule has 6 heteroatoms. The van der Waals surface area contributed by atoms with Crippen LogP contribution >= 0.6 is 23.1 Å². The van der Waals surface area contributed by atoms with Gasteiger partial charge in [0, 0.05) is 16.7 Å². The first kappa shape index (κ1) is 15.9. The maximum atomic E-state index is 12.9. The van der Waals surface area contributed by atoms with Gasteiger partial charge in [-0.25, -0.2) is 0 Å². The van der Waals surface area contributed by atoms with Crippen LogP contribution in [0, 0.1) is 6.92 Å². The minimum atomic E-state index is -0.439. The summed E-state index contributed by atoms with van der Waals surface area (Å²) in [6.45, 7) is 6.57. The highest BCUT2D eigenvalue weighted by molar-refractivity contribution is 8.01. The number of carbonyl (C=O) groups is 2. The smallest absolute Gasteiger partial charge is 0.246 e. The Bertz CT molecular complexity index is 593. The monoisotopic (exact) mass is 338 g/mol. The molecule has 1 aliphatic carbocycles. The summed E-state index contributed by atoms with van der Waals surface area (Å²) < 4.78 is -0.439. The van der Waals surface area contributed by atoms with E-state index >= 15 is 0 Å². The van der Waals surface area contributed by atoms with E-state index in [4.69, 9.17) is 0 Å². The van der Waals surface area contributed by atoms with Crippen LogP contribution in [0.3, 0.4) is 0 Å². The number of amides is 2. The molecule has 1 N–H and O–H groups in total. The lowest BCUT2D eigenvalue weighted by Gasteiger charge is -2.35. The highest BCUT2D eigenvalue weighted by atomic mass is 32.2. The van der Waals surface area contributed by atoms with Crippen molar-refractivity contribution in [2.24, 2.45) is 0 Å². The topological polar surface area (TPSA) is 49.4 Å². The molecular formula is C16H22N2O2S2. The summed E-state index contributed by atoms with van der Waals surface area (Å²) in [6, 6.07) is 2.06. The van der Waals surface area contributed by atoms with Crippen LogP contribution in [0.4, 0.5) is 0 Å². The van der Waals surface area contributed by atoms with E-state index in [9.17, 15) is 9.59 Å². The summed E-state index contributed by atoms with van der Waals surface area (Å²) in [5.74, 6) is 0.696. The maximum Gasteiger partial charge on any atom is 0.246 e. The van der Waals surface area contributed by atoms with Crippen molar-refractivity contribution < 1.29 is 9.59 Å². The number of carbonyl (C=O) groups excluding carboxylic acids is 2.